The lowest BCUT2D eigenvalue weighted by Gasteiger charge is -2.05. The van der Waals surface area contributed by atoms with Gasteiger partial charge < -0.3 is 15.4 Å². The molecule has 0 saturated heterocycles. The number of unbranched alkanes of at least 4 members (excludes halogenated alkanes) is 1. The molecule has 0 amide bonds. The van der Waals surface area contributed by atoms with Gasteiger partial charge in [-0.3, -0.25) is 4.79 Å². The summed E-state index contributed by atoms with van der Waals surface area (Å²) >= 11 is 4.78. The number of carbonyl (C=O) groups is 1. The lowest BCUT2D eigenvalue weighted by molar-refractivity contribution is -0.138. The van der Waals surface area contributed by atoms with E-state index in [1.807, 2.05) is 6.92 Å². The van der Waals surface area contributed by atoms with Gasteiger partial charge >= 0.3 is 10.8 Å². The molecule has 1 aromatic heterocycles. The first-order valence-corrected chi connectivity index (χ1v) is 5.44. The van der Waals surface area contributed by atoms with Gasteiger partial charge in [0.2, 0.25) is 0 Å². The summed E-state index contributed by atoms with van der Waals surface area (Å²) in [5.74, 6) is -0.233. The van der Waals surface area contributed by atoms with Crippen LogP contribution in [0.5, 0.6) is 0 Å². The van der Waals surface area contributed by atoms with Gasteiger partial charge in [-0.25, -0.2) is 0 Å². The van der Waals surface area contributed by atoms with E-state index in [9.17, 15) is 4.79 Å². The number of carboxylic acids is 1. The predicted molar refractivity (Wildman–Crippen MR) is 59.5 cm³/mol. The third kappa shape index (κ3) is 3.74. The summed E-state index contributed by atoms with van der Waals surface area (Å²) in [7, 11) is 0. The Morgan fingerprint density at radius 2 is 2.38 bits per heavy atom. The second-order valence-corrected chi connectivity index (χ2v) is 3.91. The molecule has 0 fully saturated rings. The molecule has 7 heteroatoms. The minimum Gasteiger partial charge on any atom is -0.480 e. The average Bonchev–Trinajstić information content (AvgIpc) is 2.51. The SMILES string of the molecule is Cc1nc(=S)on1CCCCC(N)C(=O)O. The molecule has 16 heavy (non-hydrogen) atoms. The Labute approximate surface area is 98.0 Å². The maximum absolute atomic E-state index is 10.4. The van der Waals surface area contributed by atoms with Crippen LogP contribution in [0.25, 0.3) is 0 Å². The van der Waals surface area contributed by atoms with Crippen molar-refractivity contribution < 1.29 is 14.4 Å². The van der Waals surface area contributed by atoms with Gasteiger partial charge in [-0.1, -0.05) is 0 Å². The highest BCUT2D eigenvalue weighted by Crippen LogP contribution is 2.04. The molecule has 1 unspecified atom stereocenters. The molecule has 1 rings (SSSR count). The van der Waals surface area contributed by atoms with E-state index < -0.39 is 12.0 Å². The molecule has 90 valence electrons. The van der Waals surface area contributed by atoms with Crippen LogP contribution in [-0.4, -0.2) is 26.8 Å². The van der Waals surface area contributed by atoms with Gasteiger partial charge in [0.05, 0.1) is 6.54 Å². The lowest BCUT2D eigenvalue weighted by atomic mass is 10.1. The Kier molecular flexibility index (Phi) is 4.63. The molecule has 0 spiro atoms. The molecule has 0 aliphatic carbocycles. The third-order valence-corrected chi connectivity index (χ3v) is 2.41. The Bertz CT molecular complexity index is 412. The first kappa shape index (κ1) is 12.9. The van der Waals surface area contributed by atoms with Gasteiger partial charge in [-0.2, -0.15) is 9.72 Å². The van der Waals surface area contributed by atoms with Crippen LogP contribution in [0.2, 0.25) is 0 Å². The molecule has 0 saturated carbocycles. The van der Waals surface area contributed by atoms with Crippen molar-refractivity contribution in [3.63, 3.8) is 0 Å². The van der Waals surface area contributed by atoms with Crippen LogP contribution >= 0.6 is 12.2 Å². The average molecular weight is 245 g/mol. The summed E-state index contributed by atoms with van der Waals surface area (Å²) in [5.41, 5.74) is 5.37. The smallest absolute Gasteiger partial charge is 0.320 e. The minimum atomic E-state index is -0.962. The van der Waals surface area contributed by atoms with Crippen molar-refractivity contribution in [1.29, 1.82) is 0 Å². The maximum atomic E-state index is 10.4. The molecule has 3 N–H and O–H groups in total. The fourth-order valence-electron chi connectivity index (χ4n) is 1.32. The number of carboxylic acid groups (broad SMARTS) is 1. The van der Waals surface area contributed by atoms with Gasteiger partial charge in [0.15, 0.2) is 0 Å². The van der Waals surface area contributed by atoms with Crippen LogP contribution in [-0.2, 0) is 11.3 Å². The minimum absolute atomic E-state index is 0.222. The zero-order chi connectivity index (χ0) is 12.1. The van der Waals surface area contributed by atoms with Gasteiger partial charge in [-0.05, 0) is 38.4 Å². The lowest BCUT2D eigenvalue weighted by Crippen LogP contribution is -2.29. The second-order valence-electron chi connectivity index (χ2n) is 3.56. The summed E-state index contributed by atoms with van der Waals surface area (Å²) in [4.78, 5) is 14.6. The van der Waals surface area contributed by atoms with Crippen molar-refractivity contribution in [2.75, 3.05) is 0 Å². The van der Waals surface area contributed by atoms with E-state index in [1.54, 1.807) is 4.74 Å². The number of aliphatic carboxylic acids is 1. The van der Waals surface area contributed by atoms with Crippen molar-refractivity contribution in [2.45, 2.75) is 38.8 Å². The number of nitrogens with zero attached hydrogens (tertiary/aromatic N) is 2. The number of hydrogen-bond acceptors (Lipinski definition) is 5. The van der Waals surface area contributed by atoms with Gasteiger partial charge in [-0.15, -0.1) is 0 Å². The molecular weight excluding hydrogens is 230 g/mol. The van der Waals surface area contributed by atoms with Crippen molar-refractivity contribution in [3.8, 4) is 0 Å². The molecule has 1 aromatic rings. The van der Waals surface area contributed by atoms with Crippen LogP contribution in [0.4, 0.5) is 0 Å². The molecule has 0 bridgehead atoms. The quantitative estimate of drug-likeness (QED) is 0.575. The standard InChI is InChI=1S/C9H15N3O3S/c1-6-11-9(16)15-12(6)5-3-2-4-7(10)8(13)14/h7H,2-5,10H2,1H3,(H,13,14). The van der Waals surface area contributed by atoms with Crippen LogP contribution in [0.3, 0.4) is 0 Å². The first-order valence-electron chi connectivity index (χ1n) is 5.04. The van der Waals surface area contributed by atoms with Crippen LogP contribution in [0.1, 0.15) is 25.1 Å². The number of rotatable bonds is 6. The third-order valence-electron chi connectivity index (χ3n) is 2.25. The zero-order valence-electron chi connectivity index (χ0n) is 9.05. The van der Waals surface area contributed by atoms with Crippen molar-refractivity contribution in [2.24, 2.45) is 5.73 Å². The summed E-state index contributed by atoms with van der Waals surface area (Å²) in [5, 5.41) is 8.57. The van der Waals surface area contributed by atoms with E-state index in [0.29, 0.717) is 13.0 Å². The highest BCUT2D eigenvalue weighted by molar-refractivity contribution is 7.71. The fourth-order valence-corrected chi connectivity index (χ4v) is 1.54. The first-order chi connectivity index (χ1) is 7.50. The maximum Gasteiger partial charge on any atom is 0.320 e. The monoisotopic (exact) mass is 245 g/mol. The summed E-state index contributed by atoms with van der Waals surface area (Å²) in [6.45, 7) is 2.45. The number of aromatic nitrogens is 2. The molecule has 0 radical (unpaired) electrons. The van der Waals surface area contributed by atoms with E-state index in [2.05, 4.69) is 4.98 Å². The Morgan fingerprint density at radius 3 is 2.88 bits per heavy atom. The molecule has 1 atom stereocenters. The van der Waals surface area contributed by atoms with Crippen molar-refractivity contribution >= 4 is 18.2 Å². The Morgan fingerprint density at radius 1 is 1.69 bits per heavy atom. The summed E-state index contributed by atoms with van der Waals surface area (Å²) in [6, 6.07) is -0.782. The van der Waals surface area contributed by atoms with Gasteiger partial charge in [0.25, 0.3) is 0 Å². The number of hydrogen-bond donors (Lipinski definition) is 2. The largest absolute Gasteiger partial charge is 0.480 e. The Balaban J connectivity index is 2.29. The molecule has 0 aromatic carbocycles. The van der Waals surface area contributed by atoms with Crippen LogP contribution < -0.4 is 5.73 Å². The number of nitrogens with two attached hydrogens (primary N) is 1. The molecule has 1 heterocycles. The normalized spacial score (nSPS) is 12.6. The molecule has 6 nitrogen and oxygen atoms in total. The predicted octanol–water partition coefficient (Wildman–Crippen LogP) is 1.10. The van der Waals surface area contributed by atoms with Gasteiger partial charge in [0, 0.05) is 0 Å². The highest BCUT2D eigenvalue weighted by Gasteiger charge is 2.10. The fraction of sp³-hybridized carbons (Fsp3) is 0.667. The number of aryl methyl sites for hydroxylation is 2. The van der Waals surface area contributed by atoms with Crippen molar-refractivity contribution in [1.82, 2.24) is 9.72 Å². The molecular formula is C9H15N3O3S. The van der Waals surface area contributed by atoms with E-state index >= 15 is 0 Å². The van der Waals surface area contributed by atoms with Crippen LogP contribution in [0, 0.1) is 11.8 Å². The topological polar surface area (TPSA) is 94.3 Å². The Hall–Kier alpha value is -1.21. The zero-order valence-corrected chi connectivity index (χ0v) is 9.87. The highest BCUT2D eigenvalue weighted by atomic mass is 32.1. The van der Waals surface area contributed by atoms with E-state index in [4.69, 9.17) is 27.6 Å². The second kappa shape index (κ2) is 5.76. The van der Waals surface area contributed by atoms with Gasteiger partial charge in [0.1, 0.15) is 11.9 Å². The van der Waals surface area contributed by atoms with E-state index in [0.717, 1.165) is 18.7 Å². The summed E-state index contributed by atoms with van der Waals surface area (Å²) in [6.07, 6.45) is 1.98. The van der Waals surface area contributed by atoms with Crippen molar-refractivity contribution in [3.05, 3.63) is 10.7 Å². The van der Waals surface area contributed by atoms with E-state index in [-0.39, 0.29) is 4.84 Å². The molecule has 0 aliphatic rings. The van der Waals surface area contributed by atoms with Crippen LogP contribution in [0.15, 0.2) is 4.52 Å². The van der Waals surface area contributed by atoms with E-state index in [1.165, 1.54) is 0 Å². The molecule has 0 aliphatic heterocycles. The summed E-state index contributed by atoms with van der Waals surface area (Å²) < 4.78 is 6.75.